The highest BCUT2D eigenvalue weighted by atomic mass is 35.5. The molecule has 4 nitrogen and oxygen atoms in total. The van der Waals surface area contributed by atoms with Gasteiger partial charge in [0.05, 0.1) is 27.4 Å². The Hall–Kier alpha value is -0.970. The Bertz CT molecular complexity index is 435. The van der Waals surface area contributed by atoms with Gasteiger partial charge in [0.1, 0.15) is 0 Å². The van der Waals surface area contributed by atoms with E-state index in [0.717, 1.165) is 31.2 Å². The molecule has 2 rings (SSSR count). The first-order chi connectivity index (χ1) is 9.74. The van der Waals surface area contributed by atoms with Gasteiger partial charge in [-0.25, -0.2) is 0 Å². The molecule has 1 saturated carbocycles. The molecular weight excluding hydrogens is 278 g/mol. The highest BCUT2D eigenvalue weighted by molar-refractivity contribution is 6.31. The van der Waals surface area contributed by atoms with Crippen LogP contribution in [0.2, 0.25) is 5.02 Å². The van der Waals surface area contributed by atoms with E-state index in [4.69, 9.17) is 25.8 Å². The van der Waals surface area contributed by atoms with Crippen LogP contribution >= 0.6 is 11.6 Å². The van der Waals surface area contributed by atoms with E-state index < -0.39 is 0 Å². The molecule has 0 radical (unpaired) electrons. The van der Waals surface area contributed by atoms with Crippen LogP contribution in [0.1, 0.15) is 18.4 Å². The number of rotatable bonds is 9. The summed E-state index contributed by atoms with van der Waals surface area (Å²) >= 11 is 6.22. The van der Waals surface area contributed by atoms with Gasteiger partial charge >= 0.3 is 0 Å². The largest absolute Gasteiger partial charge is 0.493 e. The number of halogens is 1. The number of methoxy groups -OCH3 is 2. The van der Waals surface area contributed by atoms with Crippen LogP contribution in [-0.4, -0.2) is 40.0 Å². The normalized spacial score (nSPS) is 14.3. The van der Waals surface area contributed by atoms with E-state index in [1.54, 1.807) is 20.3 Å². The Labute approximate surface area is 125 Å². The molecule has 1 fully saturated rings. The minimum Gasteiger partial charge on any atom is -0.493 e. The summed E-state index contributed by atoms with van der Waals surface area (Å²) in [7, 11) is 3.22. The molecular formula is C15H22ClNO3. The Morgan fingerprint density at radius 1 is 1.15 bits per heavy atom. The SMILES string of the molecule is COc1cc(Cl)c(CCOCCNC2CC2)cc1OC. The van der Waals surface area contributed by atoms with Crippen LogP contribution in [0.3, 0.4) is 0 Å². The maximum atomic E-state index is 6.22. The van der Waals surface area contributed by atoms with Crippen LogP contribution in [-0.2, 0) is 11.2 Å². The first-order valence-electron chi connectivity index (χ1n) is 6.96. The summed E-state index contributed by atoms with van der Waals surface area (Å²) < 4.78 is 16.1. The number of hydrogen-bond acceptors (Lipinski definition) is 4. The number of ether oxygens (including phenoxy) is 3. The zero-order valence-electron chi connectivity index (χ0n) is 12.1. The van der Waals surface area contributed by atoms with E-state index in [9.17, 15) is 0 Å². The molecule has 0 aromatic heterocycles. The molecule has 0 spiro atoms. The maximum absolute atomic E-state index is 6.22. The van der Waals surface area contributed by atoms with Crippen molar-refractivity contribution in [3.05, 3.63) is 22.7 Å². The summed E-state index contributed by atoms with van der Waals surface area (Å²) in [5.74, 6) is 1.35. The fraction of sp³-hybridized carbons (Fsp3) is 0.600. The van der Waals surface area contributed by atoms with Gasteiger partial charge in [0.25, 0.3) is 0 Å². The van der Waals surface area contributed by atoms with Crippen LogP contribution in [0.4, 0.5) is 0 Å². The fourth-order valence-electron chi connectivity index (χ4n) is 1.99. The molecule has 1 aliphatic rings. The molecule has 20 heavy (non-hydrogen) atoms. The van der Waals surface area contributed by atoms with Crippen LogP contribution in [0, 0.1) is 0 Å². The molecule has 0 aliphatic heterocycles. The molecule has 0 heterocycles. The molecule has 112 valence electrons. The summed E-state index contributed by atoms with van der Waals surface area (Å²) in [6.45, 7) is 2.31. The van der Waals surface area contributed by atoms with Crippen LogP contribution < -0.4 is 14.8 Å². The molecule has 0 atom stereocenters. The number of benzene rings is 1. The van der Waals surface area contributed by atoms with Gasteiger partial charge in [-0.15, -0.1) is 0 Å². The summed E-state index contributed by atoms with van der Waals surface area (Å²) in [5.41, 5.74) is 1.01. The Kier molecular flexibility index (Phi) is 5.95. The molecule has 1 N–H and O–H groups in total. The van der Waals surface area contributed by atoms with Crippen molar-refractivity contribution >= 4 is 11.6 Å². The minimum absolute atomic E-state index is 0.649. The highest BCUT2D eigenvalue weighted by Crippen LogP contribution is 2.33. The van der Waals surface area contributed by atoms with E-state index >= 15 is 0 Å². The average molecular weight is 300 g/mol. The number of hydrogen-bond donors (Lipinski definition) is 1. The van der Waals surface area contributed by atoms with Gasteiger partial charge in [0.15, 0.2) is 11.5 Å². The van der Waals surface area contributed by atoms with Crippen molar-refractivity contribution in [2.75, 3.05) is 34.0 Å². The molecule has 0 unspecified atom stereocenters. The molecule has 0 bridgehead atoms. The predicted molar refractivity (Wildman–Crippen MR) is 80.1 cm³/mol. The third-order valence-corrected chi connectivity index (χ3v) is 3.68. The zero-order chi connectivity index (χ0) is 14.4. The van der Waals surface area contributed by atoms with Gasteiger partial charge < -0.3 is 19.5 Å². The predicted octanol–water partition coefficient (Wildman–Crippen LogP) is 2.67. The molecule has 0 saturated heterocycles. The second-order valence-corrected chi connectivity index (χ2v) is 5.30. The van der Waals surface area contributed by atoms with Gasteiger partial charge in [-0.3, -0.25) is 0 Å². The molecule has 0 amide bonds. The quantitative estimate of drug-likeness (QED) is 0.712. The zero-order valence-corrected chi connectivity index (χ0v) is 12.8. The van der Waals surface area contributed by atoms with Crippen LogP contribution in [0.5, 0.6) is 11.5 Å². The van der Waals surface area contributed by atoms with E-state index in [1.165, 1.54) is 12.8 Å². The first kappa shape index (κ1) is 15.4. The summed E-state index contributed by atoms with van der Waals surface area (Å²) in [4.78, 5) is 0. The van der Waals surface area contributed by atoms with Gasteiger partial charge in [-0.05, 0) is 30.9 Å². The van der Waals surface area contributed by atoms with E-state index in [2.05, 4.69) is 5.32 Å². The van der Waals surface area contributed by atoms with Crippen molar-refractivity contribution in [2.45, 2.75) is 25.3 Å². The topological polar surface area (TPSA) is 39.7 Å². The maximum Gasteiger partial charge on any atom is 0.162 e. The summed E-state index contributed by atoms with van der Waals surface area (Å²) in [6, 6.07) is 4.43. The van der Waals surface area contributed by atoms with Crippen molar-refractivity contribution in [3.8, 4) is 11.5 Å². The lowest BCUT2D eigenvalue weighted by atomic mass is 10.1. The molecule has 1 aromatic carbocycles. The van der Waals surface area contributed by atoms with Crippen molar-refractivity contribution < 1.29 is 14.2 Å². The highest BCUT2D eigenvalue weighted by Gasteiger charge is 2.19. The Morgan fingerprint density at radius 2 is 1.85 bits per heavy atom. The average Bonchev–Trinajstić information content (AvgIpc) is 3.27. The standard InChI is InChI=1S/C15H22ClNO3/c1-18-14-9-11(13(16)10-15(14)19-2)5-7-20-8-6-17-12-3-4-12/h9-10,12,17H,3-8H2,1-2H3. The lowest BCUT2D eigenvalue weighted by Gasteiger charge is -2.12. The Morgan fingerprint density at radius 3 is 2.50 bits per heavy atom. The van der Waals surface area contributed by atoms with Gasteiger partial charge in [-0.1, -0.05) is 11.6 Å². The second kappa shape index (κ2) is 7.72. The lowest BCUT2D eigenvalue weighted by Crippen LogP contribution is -2.22. The molecule has 5 heteroatoms. The van der Waals surface area contributed by atoms with E-state index in [0.29, 0.717) is 23.1 Å². The first-order valence-corrected chi connectivity index (χ1v) is 7.34. The summed E-state index contributed by atoms with van der Waals surface area (Å²) in [6.07, 6.45) is 3.38. The molecule has 1 aromatic rings. The second-order valence-electron chi connectivity index (χ2n) is 4.89. The lowest BCUT2D eigenvalue weighted by molar-refractivity contribution is 0.138. The molecule has 1 aliphatic carbocycles. The third kappa shape index (κ3) is 4.54. The monoisotopic (exact) mass is 299 g/mol. The van der Waals surface area contributed by atoms with Crippen molar-refractivity contribution in [2.24, 2.45) is 0 Å². The fourth-order valence-corrected chi connectivity index (χ4v) is 2.24. The van der Waals surface area contributed by atoms with Crippen LogP contribution in [0.25, 0.3) is 0 Å². The van der Waals surface area contributed by atoms with Crippen molar-refractivity contribution in [1.82, 2.24) is 5.32 Å². The smallest absolute Gasteiger partial charge is 0.162 e. The summed E-state index contributed by atoms with van der Waals surface area (Å²) in [5, 5.41) is 4.10. The number of nitrogens with one attached hydrogen (secondary N) is 1. The van der Waals surface area contributed by atoms with Gasteiger partial charge in [0.2, 0.25) is 0 Å². The van der Waals surface area contributed by atoms with Gasteiger partial charge in [0, 0.05) is 23.7 Å². The third-order valence-electron chi connectivity index (χ3n) is 3.33. The van der Waals surface area contributed by atoms with E-state index in [-0.39, 0.29) is 0 Å². The Balaban J connectivity index is 1.76. The van der Waals surface area contributed by atoms with Crippen molar-refractivity contribution in [3.63, 3.8) is 0 Å². The van der Waals surface area contributed by atoms with Gasteiger partial charge in [-0.2, -0.15) is 0 Å². The van der Waals surface area contributed by atoms with E-state index in [1.807, 2.05) is 6.07 Å². The minimum atomic E-state index is 0.649. The van der Waals surface area contributed by atoms with Crippen LogP contribution in [0.15, 0.2) is 12.1 Å². The van der Waals surface area contributed by atoms with Crippen molar-refractivity contribution in [1.29, 1.82) is 0 Å².